The Morgan fingerprint density at radius 1 is 1.24 bits per heavy atom. The molecule has 2 aliphatic carbocycles. The van der Waals surface area contributed by atoms with Crippen LogP contribution in [-0.2, 0) is 27.9 Å². The van der Waals surface area contributed by atoms with Crippen molar-refractivity contribution in [3.63, 3.8) is 0 Å². The normalized spacial score (nSPS) is 26.0. The first-order chi connectivity index (χ1) is 13.6. The van der Waals surface area contributed by atoms with E-state index in [2.05, 4.69) is 9.97 Å². The fourth-order valence-corrected chi connectivity index (χ4v) is 5.15. The van der Waals surface area contributed by atoms with Gasteiger partial charge in [-0.15, -0.1) is 0 Å². The fraction of sp³-hybridized carbons (Fsp3) is 0.571. The number of H-pyrrole nitrogens is 1. The fourth-order valence-electron chi connectivity index (χ4n) is 5.15. The molecule has 2 aliphatic heterocycles. The average Bonchev–Trinajstić information content (AvgIpc) is 3.36. The van der Waals surface area contributed by atoms with Crippen LogP contribution in [0.2, 0.25) is 0 Å². The molecule has 1 atom stereocenters. The highest BCUT2D eigenvalue weighted by molar-refractivity contribution is 5.81. The predicted molar refractivity (Wildman–Crippen MR) is 100 cm³/mol. The van der Waals surface area contributed by atoms with E-state index in [4.69, 9.17) is 4.74 Å². The minimum absolute atomic E-state index is 0.0108. The van der Waals surface area contributed by atoms with Crippen molar-refractivity contribution < 1.29 is 23.1 Å². The molecule has 1 aromatic heterocycles. The van der Waals surface area contributed by atoms with Crippen LogP contribution in [0.3, 0.4) is 0 Å². The molecule has 29 heavy (non-hydrogen) atoms. The third-order valence-electron chi connectivity index (χ3n) is 6.42. The van der Waals surface area contributed by atoms with Crippen molar-refractivity contribution in [2.75, 3.05) is 6.54 Å². The van der Waals surface area contributed by atoms with Gasteiger partial charge < -0.3 is 14.5 Å². The molecule has 3 fully saturated rings. The average molecular weight is 403 g/mol. The van der Waals surface area contributed by atoms with Gasteiger partial charge in [-0.3, -0.25) is 4.90 Å². The predicted octanol–water partition coefficient (Wildman–Crippen LogP) is 3.61. The lowest BCUT2D eigenvalue weighted by atomic mass is 9.73. The lowest BCUT2D eigenvalue weighted by Crippen LogP contribution is -2.48. The van der Waals surface area contributed by atoms with Crippen molar-refractivity contribution in [1.82, 2.24) is 14.9 Å². The molecule has 6 nitrogen and oxygen atoms in total. The summed E-state index contributed by atoms with van der Waals surface area (Å²) in [5, 5.41) is 0. The smallest absolute Gasteiger partial charge is 0.411 e. The number of ether oxygens (including phenoxy) is 1. The molecule has 2 aromatic rings. The minimum Gasteiger partial charge on any atom is -0.444 e. The number of benzene rings is 1. The van der Waals surface area contributed by atoms with Gasteiger partial charge in [0.1, 0.15) is 34.3 Å². The van der Waals surface area contributed by atoms with Gasteiger partial charge in [0.15, 0.2) is 11.6 Å². The molecule has 1 saturated carbocycles. The van der Waals surface area contributed by atoms with Crippen LogP contribution in [0.15, 0.2) is 0 Å². The van der Waals surface area contributed by atoms with Gasteiger partial charge in [-0.1, -0.05) is 0 Å². The summed E-state index contributed by atoms with van der Waals surface area (Å²) in [5.41, 5.74) is -0.895. The summed E-state index contributed by atoms with van der Waals surface area (Å²) in [4.78, 5) is 32.9. The molecular formula is C21H23F2N3O3. The second-order valence-electron chi connectivity index (χ2n) is 9.60. The van der Waals surface area contributed by atoms with Crippen LogP contribution in [0.1, 0.15) is 50.6 Å². The molecule has 1 unspecified atom stereocenters. The van der Waals surface area contributed by atoms with Gasteiger partial charge in [-0.2, -0.15) is 0 Å². The molecule has 0 radical (unpaired) electrons. The van der Waals surface area contributed by atoms with E-state index in [0.717, 1.165) is 6.29 Å². The van der Waals surface area contributed by atoms with Gasteiger partial charge in [0.25, 0.3) is 0 Å². The number of hydrogen-bond acceptors (Lipinski definition) is 4. The second-order valence-corrected chi connectivity index (χ2v) is 9.60. The van der Waals surface area contributed by atoms with Crippen LogP contribution in [0.5, 0.6) is 0 Å². The van der Waals surface area contributed by atoms with Crippen LogP contribution in [0.25, 0.3) is 11.0 Å². The lowest BCUT2D eigenvalue weighted by Gasteiger charge is -2.40. The maximum Gasteiger partial charge on any atom is 0.411 e. The number of aromatic amines is 1. The van der Waals surface area contributed by atoms with Crippen LogP contribution in [0.4, 0.5) is 13.6 Å². The molecule has 154 valence electrons. The van der Waals surface area contributed by atoms with Gasteiger partial charge in [-0.25, -0.2) is 18.6 Å². The third-order valence-corrected chi connectivity index (χ3v) is 6.42. The molecule has 4 aliphatic rings. The molecule has 2 bridgehead atoms. The molecular weight excluding hydrogens is 380 g/mol. The number of imidazole rings is 1. The second kappa shape index (κ2) is 5.77. The van der Waals surface area contributed by atoms with Crippen LogP contribution in [0, 0.1) is 23.5 Å². The summed E-state index contributed by atoms with van der Waals surface area (Å²) in [6.07, 6.45) is 2.09. The van der Waals surface area contributed by atoms with E-state index in [-0.39, 0.29) is 35.0 Å². The summed E-state index contributed by atoms with van der Waals surface area (Å²) in [5.74, 6) is -0.779. The Labute approximate surface area is 166 Å². The van der Waals surface area contributed by atoms with E-state index in [1.54, 1.807) is 25.7 Å². The maximum atomic E-state index is 15.1. The van der Waals surface area contributed by atoms with Gasteiger partial charge >= 0.3 is 6.09 Å². The van der Waals surface area contributed by atoms with E-state index >= 15 is 8.78 Å². The molecule has 3 heterocycles. The van der Waals surface area contributed by atoms with Crippen molar-refractivity contribution in [3.8, 4) is 0 Å². The number of nitrogens with zero attached hydrogens (tertiary/aromatic N) is 2. The number of rotatable bonds is 2. The van der Waals surface area contributed by atoms with Crippen molar-refractivity contribution >= 4 is 23.4 Å². The molecule has 8 heteroatoms. The Hall–Kier alpha value is -2.51. The molecule has 1 amide bonds. The first-order valence-electron chi connectivity index (χ1n) is 9.98. The van der Waals surface area contributed by atoms with E-state index in [1.807, 2.05) is 0 Å². The zero-order valence-electron chi connectivity index (χ0n) is 16.6. The molecule has 6 rings (SSSR count). The monoisotopic (exact) mass is 403 g/mol. The van der Waals surface area contributed by atoms with Gasteiger partial charge in [0.2, 0.25) is 0 Å². The van der Waals surface area contributed by atoms with E-state index in [0.29, 0.717) is 31.1 Å². The number of amides is 1. The molecule has 0 spiro atoms. The standard InChI is InChI=1S/C21H23F2N3O3/c1-20(2,3)29-19(28)26-8-11-6-21(26,7-11)18-24-16-14(22)12-4-10(9-27)5-13(12)15(23)17(16)25-18/h9-11H,4-8H2,1-3H3,(H,24,25). The molecule has 2 saturated heterocycles. The Bertz CT molecular complexity index is 1000. The topological polar surface area (TPSA) is 75.3 Å². The van der Waals surface area contributed by atoms with Gasteiger partial charge in [0, 0.05) is 12.5 Å². The number of aldehydes is 1. The maximum absolute atomic E-state index is 15.1. The Morgan fingerprint density at radius 3 is 2.52 bits per heavy atom. The minimum atomic E-state index is -0.708. The van der Waals surface area contributed by atoms with Crippen molar-refractivity contribution in [2.45, 2.75) is 57.6 Å². The number of halogens is 2. The Kier molecular flexibility index (Phi) is 3.68. The van der Waals surface area contributed by atoms with E-state index in [9.17, 15) is 9.59 Å². The Morgan fingerprint density at radius 2 is 1.90 bits per heavy atom. The third kappa shape index (κ3) is 2.53. The largest absolute Gasteiger partial charge is 0.444 e. The highest BCUT2D eigenvalue weighted by atomic mass is 19.1. The van der Waals surface area contributed by atoms with Crippen molar-refractivity contribution in [3.05, 3.63) is 28.6 Å². The summed E-state index contributed by atoms with van der Waals surface area (Å²) < 4.78 is 35.8. The Balaban J connectivity index is 1.57. The van der Waals surface area contributed by atoms with Gasteiger partial charge in [0.05, 0.1) is 0 Å². The van der Waals surface area contributed by atoms with Gasteiger partial charge in [-0.05, 0) is 63.5 Å². The molecule has 1 N–H and O–H groups in total. The highest BCUT2D eigenvalue weighted by Gasteiger charge is 2.61. The summed E-state index contributed by atoms with van der Waals surface area (Å²) in [7, 11) is 0. The van der Waals surface area contributed by atoms with Crippen molar-refractivity contribution in [2.24, 2.45) is 11.8 Å². The first-order valence-corrected chi connectivity index (χ1v) is 9.98. The van der Waals surface area contributed by atoms with Crippen LogP contribution >= 0.6 is 0 Å². The van der Waals surface area contributed by atoms with Crippen LogP contribution in [-0.4, -0.2) is 39.4 Å². The summed E-state index contributed by atoms with van der Waals surface area (Å²) in [6.45, 7) is 5.96. The zero-order chi connectivity index (χ0) is 20.7. The number of nitrogens with one attached hydrogen (secondary N) is 1. The molecule has 1 aromatic carbocycles. The first kappa shape index (κ1) is 18.5. The van der Waals surface area contributed by atoms with E-state index < -0.39 is 34.8 Å². The van der Waals surface area contributed by atoms with Crippen LogP contribution < -0.4 is 0 Å². The quantitative estimate of drug-likeness (QED) is 0.778. The number of fused-ring (bicyclic) bond motifs is 3. The zero-order valence-corrected chi connectivity index (χ0v) is 16.6. The summed E-state index contributed by atoms with van der Waals surface area (Å²) >= 11 is 0. The number of carbonyl (C=O) groups excluding carboxylic acids is 2. The number of hydrogen-bond donors (Lipinski definition) is 1. The summed E-state index contributed by atoms with van der Waals surface area (Å²) in [6, 6.07) is 0. The number of aromatic nitrogens is 2. The highest BCUT2D eigenvalue weighted by Crippen LogP contribution is 2.57. The SMILES string of the molecule is CC(C)(C)OC(=O)N1CC2CC1(c1nc3c(F)c4c(c(F)c3[nH]1)CC(C=O)C4)C2. The van der Waals surface area contributed by atoms with Crippen molar-refractivity contribution in [1.29, 1.82) is 0 Å². The lowest BCUT2D eigenvalue weighted by molar-refractivity contribution is -0.110. The van der Waals surface area contributed by atoms with E-state index in [1.165, 1.54) is 0 Å². The number of carbonyl (C=O) groups is 2.